The maximum Gasteiger partial charge on any atom is 0.115 e. The van der Waals surface area contributed by atoms with E-state index in [1.165, 1.54) is 5.75 Å². The fourth-order valence-electron chi connectivity index (χ4n) is 4.00. The molecule has 0 aromatic rings. The van der Waals surface area contributed by atoms with E-state index in [9.17, 15) is 0 Å². The Kier molecular flexibility index (Phi) is 3.63. The molecule has 2 aliphatic heterocycles. The molecule has 1 spiro atoms. The van der Waals surface area contributed by atoms with Gasteiger partial charge in [0, 0.05) is 18.4 Å². The molecule has 2 heterocycles. The van der Waals surface area contributed by atoms with Gasteiger partial charge in [0.2, 0.25) is 0 Å². The number of alkyl halides is 1. The molecule has 4 unspecified atom stereocenters. The van der Waals surface area contributed by atoms with Crippen molar-refractivity contribution in [3.63, 3.8) is 0 Å². The summed E-state index contributed by atoms with van der Waals surface area (Å²) >= 11 is 1.96. The molecule has 3 fully saturated rings. The van der Waals surface area contributed by atoms with Gasteiger partial charge in [0.15, 0.2) is 0 Å². The third-order valence-corrected chi connectivity index (χ3v) is 6.28. The van der Waals surface area contributed by atoms with Crippen molar-refractivity contribution in [1.82, 2.24) is 0 Å². The van der Waals surface area contributed by atoms with Gasteiger partial charge < -0.3 is 10.5 Å². The fraction of sp³-hybridized carbons (Fsp3) is 1.00. The van der Waals surface area contributed by atoms with Crippen LogP contribution < -0.4 is 5.73 Å². The van der Waals surface area contributed by atoms with E-state index < -0.39 is 5.67 Å². The van der Waals surface area contributed by atoms with E-state index in [0.717, 1.165) is 44.5 Å². The number of hydrogen-bond acceptors (Lipinski definition) is 3. The van der Waals surface area contributed by atoms with Crippen LogP contribution in [0.5, 0.6) is 0 Å². The van der Waals surface area contributed by atoms with E-state index in [-0.39, 0.29) is 17.6 Å². The lowest BCUT2D eigenvalue weighted by Gasteiger charge is -2.46. The lowest BCUT2D eigenvalue weighted by atomic mass is 9.69. The molecule has 18 heavy (non-hydrogen) atoms. The van der Waals surface area contributed by atoms with Gasteiger partial charge in [-0.2, -0.15) is 11.8 Å². The minimum atomic E-state index is -1.01. The Hall–Kier alpha value is 0.200. The first-order chi connectivity index (χ1) is 8.62. The van der Waals surface area contributed by atoms with Crippen LogP contribution in [0.4, 0.5) is 4.39 Å². The van der Waals surface area contributed by atoms with Crippen LogP contribution >= 0.6 is 11.8 Å². The smallest absolute Gasteiger partial charge is 0.115 e. The summed E-state index contributed by atoms with van der Waals surface area (Å²) in [5.41, 5.74) is 4.97. The lowest BCUT2D eigenvalue weighted by Crippen LogP contribution is -2.50. The van der Waals surface area contributed by atoms with Crippen LogP contribution in [0.2, 0.25) is 0 Å². The predicted octanol–water partition coefficient (Wildman–Crippen LogP) is 2.90. The maximum atomic E-state index is 15.2. The summed E-state index contributed by atoms with van der Waals surface area (Å²) < 4.78 is 21.2. The first-order valence-corrected chi connectivity index (χ1v) is 8.44. The second-order valence-corrected chi connectivity index (χ2v) is 7.52. The van der Waals surface area contributed by atoms with E-state index in [1.54, 1.807) is 0 Å². The summed E-state index contributed by atoms with van der Waals surface area (Å²) in [6.45, 7) is 0.742. The van der Waals surface area contributed by atoms with Crippen molar-refractivity contribution >= 4 is 11.8 Å². The first kappa shape index (κ1) is 13.2. The quantitative estimate of drug-likeness (QED) is 0.798. The van der Waals surface area contributed by atoms with E-state index in [4.69, 9.17) is 10.5 Å². The van der Waals surface area contributed by atoms with E-state index in [0.29, 0.717) is 12.8 Å². The Morgan fingerprint density at radius 1 is 1.22 bits per heavy atom. The predicted molar refractivity (Wildman–Crippen MR) is 73.6 cm³/mol. The van der Waals surface area contributed by atoms with Crippen LogP contribution in [-0.2, 0) is 4.74 Å². The summed E-state index contributed by atoms with van der Waals surface area (Å²) in [6, 6.07) is 0.0699. The molecule has 2 nitrogen and oxygen atoms in total. The normalized spacial score (nSPS) is 49.7. The minimum absolute atomic E-state index is 0.00574. The maximum absolute atomic E-state index is 15.2. The van der Waals surface area contributed by atoms with Gasteiger partial charge in [0.05, 0.1) is 5.60 Å². The van der Waals surface area contributed by atoms with Crippen molar-refractivity contribution in [2.75, 3.05) is 18.1 Å². The Morgan fingerprint density at radius 2 is 2.11 bits per heavy atom. The zero-order chi connectivity index (χ0) is 12.6. The molecule has 3 rings (SSSR count). The number of ether oxygens (including phenoxy) is 1. The summed E-state index contributed by atoms with van der Waals surface area (Å²) in [4.78, 5) is 0. The molecular weight excluding hydrogens is 249 g/mol. The number of nitrogens with two attached hydrogens (primary N) is 1. The molecule has 0 bridgehead atoms. The van der Waals surface area contributed by atoms with Crippen molar-refractivity contribution in [2.45, 2.75) is 62.3 Å². The van der Waals surface area contributed by atoms with Gasteiger partial charge in [-0.1, -0.05) is 0 Å². The molecular formula is C14H24FNOS. The van der Waals surface area contributed by atoms with Gasteiger partial charge >= 0.3 is 0 Å². The number of hydrogen-bond donors (Lipinski definition) is 1. The second-order valence-electron chi connectivity index (χ2n) is 6.41. The molecule has 0 radical (unpaired) electrons. The number of rotatable bonds is 1. The Bertz CT molecular complexity index is 308. The van der Waals surface area contributed by atoms with Crippen LogP contribution in [0.25, 0.3) is 0 Å². The fourth-order valence-corrected chi connectivity index (χ4v) is 5.38. The summed E-state index contributed by atoms with van der Waals surface area (Å²) in [5.74, 6) is 2.41. The van der Waals surface area contributed by atoms with Crippen LogP contribution in [0.15, 0.2) is 0 Å². The molecule has 0 aromatic heterocycles. The van der Waals surface area contributed by atoms with E-state index in [1.807, 2.05) is 11.8 Å². The zero-order valence-corrected chi connectivity index (χ0v) is 11.8. The van der Waals surface area contributed by atoms with Crippen LogP contribution in [0, 0.1) is 5.92 Å². The average molecular weight is 273 g/mol. The van der Waals surface area contributed by atoms with Crippen molar-refractivity contribution in [3.05, 3.63) is 0 Å². The Labute approximate surface area is 113 Å². The summed E-state index contributed by atoms with van der Waals surface area (Å²) in [5, 5.41) is 0. The highest BCUT2D eigenvalue weighted by Gasteiger charge is 2.49. The van der Waals surface area contributed by atoms with Crippen LogP contribution in [0.3, 0.4) is 0 Å². The van der Waals surface area contributed by atoms with Gasteiger partial charge in [0.25, 0.3) is 0 Å². The van der Waals surface area contributed by atoms with E-state index >= 15 is 4.39 Å². The molecule has 1 saturated carbocycles. The SMILES string of the molecule is NC1CCCC(F)(C2CCOC3(CCSC3)C2)C1. The molecule has 2 saturated heterocycles. The van der Waals surface area contributed by atoms with Crippen molar-refractivity contribution in [3.8, 4) is 0 Å². The monoisotopic (exact) mass is 273 g/mol. The standard InChI is InChI=1S/C14H24FNOS/c15-14(4-1-2-12(16)9-14)11-3-6-17-13(8-11)5-7-18-10-13/h11-12H,1-10,16H2. The van der Waals surface area contributed by atoms with Gasteiger partial charge in [-0.05, 0) is 56.6 Å². The van der Waals surface area contributed by atoms with Gasteiger partial charge in [-0.15, -0.1) is 0 Å². The highest BCUT2D eigenvalue weighted by atomic mass is 32.2. The summed E-state index contributed by atoms with van der Waals surface area (Å²) in [7, 11) is 0. The molecule has 3 aliphatic rings. The minimum Gasteiger partial charge on any atom is -0.374 e. The Balaban J connectivity index is 1.71. The van der Waals surface area contributed by atoms with Gasteiger partial charge in [-0.3, -0.25) is 0 Å². The molecule has 0 amide bonds. The highest BCUT2D eigenvalue weighted by molar-refractivity contribution is 7.99. The molecule has 0 aromatic carbocycles. The third kappa shape index (κ3) is 2.44. The zero-order valence-electron chi connectivity index (χ0n) is 11.0. The van der Waals surface area contributed by atoms with Crippen molar-refractivity contribution in [1.29, 1.82) is 0 Å². The van der Waals surface area contributed by atoms with Crippen LogP contribution in [-0.4, -0.2) is 35.4 Å². The summed E-state index contributed by atoms with van der Waals surface area (Å²) in [6.07, 6.45) is 6.15. The Morgan fingerprint density at radius 3 is 2.83 bits per heavy atom. The number of thioether (sulfide) groups is 1. The van der Waals surface area contributed by atoms with Crippen molar-refractivity contribution in [2.24, 2.45) is 11.7 Å². The van der Waals surface area contributed by atoms with Gasteiger partial charge in [-0.25, -0.2) is 4.39 Å². The molecule has 4 heteroatoms. The average Bonchev–Trinajstić information content (AvgIpc) is 2.77. The molecule has 4 atom stereocenters. The third-order valence-electron chi connectivity index (χ3n) is 5.06. The number of halogens is 1. The highest BCUT2D eigenvalue weighted by Crippen LogP contribution is 2.48. The van der Waals surface area contributed by atoms with Gasteiger partial charge in [0.1, 0.15) is 5.67 Å². The first-order valence-electron chi connectivity index (χ1n) is 7.28. The molecule has 104 valence electrons. The second kappa shape index (κ2) is 4.95. The van der Waals surface area contributed by atoms with E-state index in [2.05, 4.69) is 0 Å². The van der Waals surface area contributed by atoms with Crippen LogP contribution in [0.1, 0.15) is 44.9 Å². The molecule has 1 aliphatic carbocycles. The van der Waals surface area contributed by atoms with Crippen molar-refractivity contribution < 1.29 is 9.13 Å². The lowest BCUT2D eigenvalue weighted by molar-refractivity contribution is -0.118. The topological polar surface area (TPSA) is 35.2 Å². The molecule has 2 N–H and O–H groups in total. The largest absolute Gasteiger partial charge is 0.374 e.